The van der Waals surface area contributed by atoms with Gasteiger partial charge in [0.1, 0.15) is 0 Å². The van der Waals surface area contributed by atoms with E-state index in [4.69, 9.17) is 9.47 Å². The van der Waals surface area contributed by atoms with Gasteiger partial charge in [0.2, 0.25) is 0 Å². The van der Waals surface area contributed by atoms with E-state index in [1.165, 1.54) is 12.8 Å². The molecular formula is C14H30N2O3. The van der Waals surface area contributed by atoms with Gasteiger partial charge in [0.25, 0.3) is 0 Å². The van der Waals surface area contributed by atoms with Gasteiger partial charge in [-0.05, 0) is 32.2 Å². The number of methoxy groups -OCH3 is 2. The molecule has 1 saturated carbocycles. The van der Waals surface area contributed by atoms with Crippen LogP contribution in [0.1, 0.15) is 19.3 Å². The van der Waals surface area contributed by atoms with Crippen molar-refractivity contribution in [3.8, 4) is 0 Å². The number of nitrogens with zero attached hydrogens (tertiary/aromatic N) is 1. The van der Waals surface area contributed by atoms with Crippen molar-refractivity contribution in [3.63, 3.8) is 0 Å². The molecule has 0 aromatic heterocycles. The molecule has 1 aliphatic rings. The lowest BCUT2D eigenvalue weighted by Crippen LogP contribution is -2.57. The van der Waals surface area contributed by atoms with Crippen molar-refractivity contribution in [2.75, 3.05) is 60.7 Å². The Kier molecular flexibility index (Phi) is 7.87. The summed E-state index contributed by atoms with van der Waals surface area (Å²) in [6.45, 7) is 4.45. The van der Waals surface area contributed by atoms with Crippen molar-refractivity contribution >= 4 is 0 Å². The van der Waals surface area contributed by atoms with E-state index in [0.29, 0.717) is 5.92 Å². The summed E-state index contributed by atoms with van der Waals surface area (Å²) >= 11 is 0. The zero-order valence-electron chi connectivity index (χ0n) is 12.7. The molecule has 114 valence electrons. The highest BCUT2D eigenvalue weighted by Gasteiger charge is 2.44. The minimum Gasteiger partial charge on any atom is -0.394 e. The topological polar surface area (TPSA) is 54.0 Å². The van der Waals surface area contributed by atoms with Crippen LogP contribution in [0.2, 0.25) is 0 Å². The predicted octanol–water partition coefficient (Wildman–Crippen LogP) is 0.332. The minimum absolute atomic E-state index is 0.152. The molecule has 0 bridgehead atoms. The maximum Gasteiger partial charge on any atom is 0.0628 e. The van der Waals surface area contributed by atoms with Crippen LogP contribution in [0.15, 0.2) is 0 Å². The smallest absolute Gasteiger partial charge is 0.0628 e. The highest BCUT2D eigenvalue weighted by Crippen LogP contribution is 2.39. The minimum atomic E-state index is -0.152. The van der Waals surface area contributed by atoms with E-state index >= 15 is 0 Å². The van der Waals surface area contributed by atoms with Gasteiger partial charge in [-0.25, -0.2) is 0 Å². The highest BCUT2D eigenvalue weighted by molar-refractivity contribution is 5.02. The van der Waals surface area contributed by atoms with Gasteiger partial charge in [0.05, 0.1) is 18.8 Å². The van der Waals surface area contributed by atoms with Gasteiger partial charge >= 0.3 is 0 Å². The lowest BCUT2D eigenvalue weighted by molar-refractivity contribution is 0.0727. The molecule has 0 aromatic rings. The van der Waals surface area contributed by atoms with Crippen molar-refractivity contribution in [1.82, 2.24) is 10.2 Å². The molecule has 1 fully saturated rings. The third-order valence-electron chi connectivity index (χ3n) is 4.08. The number of hydrogen-bond donors (Lipinski definition) is 2. The van der Waals surface area contributed by atoms with Gasteiger partial charge < -0.3 is 19.9 Å². The van der Waals surface area contributed by atoms with Crippen molar-refractivity contribution < 1.29 is 14.6 Å². The Morgan fingerprint density at radius 2 is 1.89 bits per heavy atom. The Hall–Kier alpha value is -0.200. The fourth-order valence-corrected chi connectivity index (χ4v) is 2.63. The van der Waals surface area contributed by atoms with E-state index in [1.54, 1.807) is 14.2 Å². The molecule has 2 N–H and O–H groups in total. The van der Waals surface area contributed by atoms with Crippen LogP contribution < -0.4 is 5.32 Å². The van der Waals surface area contributed by atoms with Crippen LogP contribution in [-0.2, 0) is 9.47 Å². The Balaban J connectivity index is 2.51. The predicted molar refractivity (Wildman–Crippen MR) is 76.4 cm³/mol. The van der Waals surface area contributed by atoms with Crippen LogP contribution in [0, 0.1) is 5.92 Å². The van der Waals surface area contributed by atoms with Crippen LogP contribution >= 0.6 is 0 Å². The molecule has 0 heterocycles. The third-order valence-corrected chi connectivity index (χ3v) is 4.08. The Bertz CT molecular complexity index is 231. The summed E-state index contributed by atoms with van der Waals surface area (Å²) in [5.74, 6) is 0.606. The monoisotopic (exact) mass is 274 g/mol. The first-order valence-corrected chi connectivity index (χ1v) is 7.22. The Morgan fingerprint density at radius 3 is 2.37 bits per heavy atom. The van der Waals surface area contributed by atoms with Gasteiger partial charge in [0, 0.05) is 40.5 Å². The van der Waals surface area contributed by atoms with E-state index in [9.17, 15) is 5.11 Å². The van der Waals surface area contributed by atoms with Crippen LogP contribution in [0.3, 0.4) is 0 Å². The first-order chi connectivity index (χ1) is 9.22. The standard InChI is InChI=1S/C14H30N2O3/c1-15-14(12-17,13-5-6-13)11-16(8-10-19-3)7-4-9-18-2/h13,15,17H,4-12H2,1-3H3. The fraction of sp³-hybridized carbons (Fsp3) is 1.00. The Labute approximate surface area is 117 Å². The van der Waals surface area contributed by atoms with Crippen LogP contribution in [0.25, 0.3) is 0 Å². The average molecular weight is 274 g/mol. The second-order valence-corrected chi connectivity index (χ2v) is 5.45. The fourth-order valence-electron chi connectivity index (χ4n) is 2.63. The molecule has 0 spiro atoms. The van der Waals surface area contributed by atoms with Gasteiger partial charge in [-0.15, -0.1) is 0 Å². The largest absolute Gasteiger partial charge is 0.394 e. The SMILES string of the molecule is CNC(CO)(CN(CCCOC)CCOC)C1CC1. The third kappa shape index (κ3) is 5.36. The molecule has 1 atom stereocenters. The summed E-state index contributed by atoms with van der Waals surface area (Å²) in [6.07, 6.45) is 3.45. The van der Waals surface area contributed by atoms with E-state index in [-0.39, 0.29) is 12.1 Å². The summed E-state index contributed by atoms with van der Waals surface area (Å²) in [5, 5.41) is 13.1. The second kappa shape index (κ2) is 8.87. The molecule has 5 nitrogen and oxygen atoms in total. The van der Waals surface area contributed by atoms with E-state index in [1.807, 2.05) is 7.05 Å². The molecule has 0 radical (unpaired) electrons. The number of aliphatic hydroxyl groups is 1. The summed E-state index contributed by atoms with van der Waals surface area (Å²) in [7, 11) is 5.42. The highest BCUT2D eigenvalue weighted by atomic mass is 16.5. The van der Waals surface area contributed by atoms with Gasteiger partial charge in [-0.1, -0.05) is 0 Å². The molecule has 1 unspecified atom stereocenters. The van der Waals surface area contributed by atoms with E-state index in [2.05, 4.69) is 10.2 Å². The maximum absolute atomic E-state index is 9.79. The van der Waals surface area contributed by atoms with Crippen molar-refractivity contribution in [1.29, 1.82) is 0 Å². The number of hydrogen-bond acceptors (Lipinski definition) is 5. The molecule has 0 amide bonds. The van der Waals surface area contributed by atoms with Crippen LogP contribution in [0.4, 0.5) is 0 Å². The van der Waals surface area contributed by atoms with Gasteiger partial charge in [-0.3, -0.25) is 4.90 Å². The summed E-state index contributed by atoms with van der Waals surface area (Å²) in [6, 6.07) is 0. The van der Waals surface area contributed by atoms with E-state index < -0.39 is 0 Å². The molecule has 5 heteroatoms. The van der Waals surface area contributed by atoms with E-state index in [0.717, 1.165) is 39.3 Å². The lowest BCUT2D eigenvalue weighted by atomic mass is 9.93. The van der Waals surface area contributed by atoms with Gasteiger partial charge in [0.15, 0.2) is 0 Å². The van der Waals surface area contributed by atoms with Crippen LogP contribution in [0.5, 0.6) is 0 Å². The molecule has 0 saturated heterocycles. The zero-order chi connectivity index (χ0) is 14.1. The molecular weight excluding hydrogens is 244 g/mol. The number of likely N-dealkylation sites (N-methyl/N-ethyl adjacent to an activating group) is 1. The van der Waals surface area contributed by atoms with Crippen LogP contribution in [-0.4, -0.2) is 76.3 Å². The normalized spacial score (nSPS) is 18.8. The summed E-state index contributed by atoms with van der Waals surface area (Å²) in [4.78, 5) is 2.37. The number of ether oxygens (including phenoxy) is 2. The molecule has 0 aliphatic heterocycles. The summed E-state index contributed by atoms with van der Waals surface area (Å²) in [5.41, 5.74) is -0.152. The second-order valence-electron chi connectivity index (χ2n) is 5.45. The summed E-state index contributed by atoms with van der Waals surface area (Å²) < 4.78 is 10.3. The van der Waals surface area contributed by atoms with Crippen molar-refractivity contribution in [3.05, 3.63) is 0 Å². The number of nitrogens with one attached hydrogen (secondary N) is 1. The molecule has 0 aromatic carbocycles. The first kappa shape index (κ1) is 16.9. The van der Waals surface area contributed by atoms with Crippen molar-refractivity contribution in [2.24, 2.45) is 5.92 Å². The maximum atomic E-state index is 9.79. The quantitative estimate of drug-likeness (QED) is 0.502. The number of aliphatic hydroxyl groups excluding tert-OH is 1. The van der Waals surface area contributed by atoms with Gasteiger partial charge in [-0.2, -0.15) is 0 Å². The lowest BCUT2D eigenvalue weighted by Gasteiger charge is -2.37. The van der Waals surface area contributed by atoms with Crippen molar-refractivity contribution in [2.45, 2.75) is 24.8 Å². The molecule has 1 rings (SSSR count). The number of rotatable bonds is 12. The average Bonchev–Trinajstić information content (AvgIpc) is 3.26. The molecule has 1 aliphatic carbocycles. The molecule has 19 heavy (non-hydrogen) atoms. The zero-order valence-corrected chi connectivity index (χ0v) is 12.7. The first-order valence-electron chi connectivity index (χ1n) is 7.22. The Morgan fingerprint density at radius 1 is 1.21 bits per heavy atom.